The van der Waals surface area contributed by atoms with E-state index in [1.54, 1.807) is 6.07 Å². The quantitative estimate of drug-likeness (QED) is 0.723. The zero-order chi connectivity index (χ0) is 15.1. The predicted octanol–water partition coefficient (Wildman–Crippen LogP) is 4.39. The molecule has 0 aliphatic heterocycles. The number of nitrogens with one attached hydrogen (secondary N) is 1. The summed E-state index contributed by atoms with van der Waals surface area (Å²) in [6.07, 6.45) is 0.628. The van der Waals surface area contributed by atoms with Crippen LogP contribution in [0.1, 0.15) is 23.6 Å². The molecule has 3 nitrogen and oxygen atoms in total. The SMILES string of the molecule is CC(=O)Nc1c(Cl)cc2c(c1Cl)Cc1cc(C#N)ccc1-2. The monoisotopic (exact) mass is 316 g/mol. The average Bonchev–Trinajstić information content (AvgIpc) is 2.81. The van der Waals surface area contributed by atoms with Crippen LogP contribution in [0.4, 0.5) is 5.69 Å². The fourth-order valence-electron chi connectivity index (χ4n) is 2.63. The average molecular weight is 317 g/mol. The minimum absolute atomic E-state index is 0.221. The van der Waals surface area contributed by atoms with E-state index in [4.69, 9.17) is 28.5 Å². The standard InChI is InChI=1S/C16H10Cl2N2O/c1-8(21)20-16-14(17)6-12-11-3-2-9(7-19)4-10(11)5-13(12)15(16)18/h2-4,6H,5H2,1H3,(H,20,21). The second-order valence-electron chi connectivity index (χ2n) is 4.92. The Labute approximate surface area is 132 Å². The van der Waals surface area contributed by atoms with Crippen molar-refractivity contribution in [2.24, 2.45) is 0 Å². The summed E-state index contributed by atoms with van der Waals surface area (Å²) in [5.74, 6) is -0.221. The number of benzene rings is 2. The third-order valence-corrected chi connectivity index (χ3v) is 4.23. The van der Waals surface area contributed by atoms with Gasteiger partial charge in [0.1, 0.15) is 0 Å². The molecule has 2 aromatic carbocycles. The summed E-state index contributed by atoms with van der Waals surface area (Å²) in [5.41, 5.74) is 5.02. The molecule has 104 valence electrons. The van der Waals surface area contributed by atoms with Crippen LogP contribution in [0, 0.1) is 11.3 Å². The van der Waals surface area contributed by atoms with Crippen molar-refractivity contribution < 1.29 is 4.79 Å². The molecule has 0 saturated heterocycles. The first-order valence-corrected chi connectivity index (χ1v) is 7.08. The molecule has 1 N–H and O–H groups in total. The number of carbonyl (C=O) groups is 1. The molecule has 0 unspecified atom stereocenters. The Balaban J connectivity index is 2.17. The molecule has 3 rings (SSSR count). The number of amides is 1. The molecule has 0 heterocycles. The van der Waals surface area contributed by atoms with Gasteiger partial charge in [-0.3, -0.25) is 4.79 Å². The van der Waals surface area contributed by atoms with Crippen molar-refractivity contribution in [3.63, 3.8) is 0 Å². The Hall–Kier alpha value is -2.02. The van der Waals surface area contributed by atoms with Crippen LogP contribution >= 0.6 is 23.2 Å². The van der Waals surface area contributed by atoms with E-state index < -0.39 is 0 Å². The summed E-state index contributed by atoms with van der Waals surface area (Å²) in [4.78, 5) is 11.3. The molecule has 2 aromatic rings. The van der Waals surface area contributed by atoms with Gasteiger partial charge in [-0.05, 0) is 40.5 Å². The van der Waals surface area contributed by atoms with Gasteiger partial charge in [0.15, 0.2) is 0 Å². The van der Waals surface area contributed by atoms with Gasteiger partial charge in [-0.15, -0.1) is 0 Å². The summed E-state index contributed by atoms with van der Waals surface area (Å²) in [5, 5.41) is 12.5. The van der Waals surface area contributed by atoms with Gasteiger partial charge in [0.2, 0.25) is 5.91 Å². The molecule has 0 fully saturated rings. The maximum atomic E-state index is 11.3. The largest absolute Gasteiger partial charge is 0.324 e. The molecule has 0 bridgehead atoms. The van der Waals surface area contributed by atoms with E-state index in [-0.39, 0.29) is 5.91 Å². The third kappa shape index (κ3) is 2.27. The molecule has 0 radical (unpaired) electrons. The molecule has 1 amide bonds. The van der Waals surface area contributed by atoms with Crippen LogP contribution in [0.5, 0.6) is 0 Å². The van der Waals surface area contributed by atoms with Gasteiger partial charge in [-0.1, -0.05) is 29.3 Å². The first kappa shape index (κ1) is 13.9. The molecular formula is C16H10Cl2N2O. The van der Waals surface area contributed by atoms with Gasteiger partial charge in [0.25, 0.3) is 0 Å². The van der Waals surface area contributed by atoms with Gasteiger partial charge in [-0.25, -0.2) is 0 Å². The van der Waals surface area contributed by atoms with Crippen molar-refractivity contribution in [3.05, 3.63) is 51.0 Å². The third-order valence-electron chi connectivity index (χ3n) is 3.51. The van der Waals surface area contributed by atoms with E-state index in [0.29, 0.717) is 27.7 Å². The summed E-state index contributed by atoms with van der Waals surface area (Å²) in [6.45, 7) is 1.41. The lowest BCUT2D eigenvalue weighted by Gasteiger charge is -2.12. The number of nitrogens with zero attached hydrogens (tertiary/aromatic N) is 1. The lowest BCUT2D eigenvalue weighted by atomic mass is 10.0. The number of hydrogen-bond donors (Lipinski definition) is 1. The van der Waals surface area contributed by atoms with Gasteiger partial charge in [0.05, 0.1) is 27.4 Å². The molecule has 1 aliphatic carbocycles. The molecular weight excluding hydrogens is 307 g/mol. The van der Waals surface area contributed by atoms with E-state index in [2.05, 4.69) is 11.4 Å². The lowest BCUT2D eigenvalue weighted by molar-refractivity contribution is -0.114. The number of halogens is 2. The van der Waals surface area contributed by atoms with Crippen LogP contribution in [-0.4, -0.2) is 5.91 Å². The smallest absolute Gasteiger partial charge is 0.221 e. The highest BCUT2D eigenvalue weighted by Crippen LogP contribution is 2.46. The zero-order valence-corrected chi connectivity index (χ0v) is 12.6. The van der Waals surface area contributed by atoms with Gasteiger partial charge in [0, 0.05) is 13.3 Å². The fraction of sp³-hybridized carbons (Fsp3) is 0.125. The number of anilines is 1. The van der Waals surface area contributed by atoms with Crippen molar-refractivity contribution in [3.8, 4) is 17.2 Å². The van der Waals surface area contributed by atoms with Crippen LogP contribution in [0.25, 0.3) is 11.1 Å². The van der Waals surface area contributed by atoms with Crippen LogP contribution in [-0.2, 0) is 11.2 Å². The van der Waals surface area contributed by atoms with Crippen molar-refractivity contribution in [2.75, 3.05) is 5.32 Å². The number of fused-ring (bicyclic) bond motifs is 3. The lowest BCUT2D eigenvalue weighted by Crippen LogP contribution is -2.07. The topological polar surface area (TPSA) is 52.9 Å². The molecule has 21 heavy (non-hydrogen) atoms. The summed E-state index contributed by atoms with van der Waals surface area (Å²) in [7, 11) is 0. The maximum absolute atomic E-state index is 11.3. The highest BCUT2D eigenvalue weighted by atomic mass is 35.5. The van der Waals surface area contributed by atoms with Crippen LogP contribution in [0.15, 0.2) is 24.3 Å². The number of rotatable bonds is 1. The Bertz CT molecular complexity index is 822. The van der Waals surface area contributed by atoms with E-state index in [1.807, 2.05) is 18.2 Å². The molecule has 0 aromatic heterocycles. The summed E-state index contributed by atoms with van der Waals surface area (Å²) in [6, 6.07) is 9.48. The minimum Gasteiger partial charge on any atom is -0.324 e. The number of hydrogen-bond acceptors (Lipinski definition) is 2. The van der Waals surface area contributed by atoms with Crippen molar-refractivity contribution in [1.29, 1.82) is 5.26 Å². The predicted molar refractivity (Wildman–Crippen MR) is 83.7 cm³/mol. The van der Waals surface area contributed by atoms with Gasteiger partial charge < -0.3 is 5.32 Å². The second kappa shape index (κ2) is 5.07. The number of carbonyl (C=O) groups excluding carboxylic acids is 1. The Morgan fingerprint density at radius 3 is 2.71 bits per heavy atom. The highest BCUT2D eigenvalue weighted by Gasteiger charge is 2.25. The molecule has 0 saturated carbocycles. The maximum Gasteiger partial charge on any atom is 0.221 e. The Morgan fingerprint density at radius 1 is 1.29 bits per heavy atom. The van der Waals surface area contributed by atoms with E-state index >= 15 is 0 Å². The zero-order valence-electron chi connectivity index (χ0n) is 11.1. The molecule has 5 heteroatoms. The molecule has 1 aliphatic rings. The Morgan fingerprint density at radius 2 is 2.05 bits per heavy atom. The first-order valence-electron chi connectivity index (χ1n) is 6.33. The second-order valence-corrected chi connectivity index (χ2v) is 5.70. The first-order chi connectivity index (χ1) is 10.0. The summed E-state index contributed by atoms with van der Waals surface area (Å²) < 4.78 is 0. The van der Waals surface area contributed by atoms with Crippen molar-refractivity contribution in [2.45, 2.75) is 13.3 Å². The van der Waals surface area contributed by atoms with Crippen LogP contribution in [0.2, 0.25) is 10.0 Å². The Kier molecular flexibility index (Phi) is 3.36. The van der Waals surface area contributed by atoms with Crippen molar-refractivity contribution in [1.82, 2.24) is 0 Å². The van der Waals surface area contributed by atoms with Gasteiger partial charge >= 0.3 is 0 Å². The highest BCUT2D eigenvalue weighted by molar-refractivity contribution is 6.41. The molecule has 0 atom stereocenters. The van der Waals surface area contributed by atoms with E-state index in [1.165, 1.54) is 6.92 Å². The summed E-state index contributed by atoms with van der Waals surface area (Å²) >= 11 is 12.6. The van der Waals surface area contributed by atoms with E-state index in [9.17, 15) is 4.79 Å². The normalized spacial score (nSPS) is 11.5. The fourth-order valence-corrected chi connectivity index (χ4v) is 3.24. The van der Waals surface area contributed by atoms with Crippen LogP contribution in [0.3, 0.4) is 0 Å². The minimum atomic E-state index is -0.221. The number of nitriles is 1. The van der Waals surface area contributed by atoms with Crippen molar-refractivity contribution >= 4 is 34.8 Å². The van der Waals surface area contributed by atoms with Crippen LogP contribution < -0.4 is 5.32 Å². The molecule has 0 spiro atoms. The van der Waals surface area contributed by atoms with E-state index in [0.717, 1.165) is 22.3 Å². The van der Waals surface area contributed by atoms with Gasteiger partial charge in [-0.2, -0.15) is 5.26 Å².